The zero-order chi connectivity index (χ0) is 12.3. The van der Waals surface area contributed by atoms with E-state index in [-0.39, 0.29) is 16.5 Å². The van der Waals surface area contributed by atoms with E-state index in [2.05, 4.69) is 0 Å². The first-order chi connectivity index (χ1) is 6.51. The Kier molecular flexibility index (Phi) is 5.50. The van der Waals surface area contributed by atoms with Gasteiger partial charge in [-0.25, -0.2) is 0 Å². The fraction of sp³-hybridized carbons (Fsp3) is 1.00. The van der Waals surface area contributed by atoms with Crippen LogP contribution in [0, 0.1) is 0 Å². The molecule has 0 aromatic rings. The molecular weight excluding hydrogens is 266 g/mol. The topological polar surface area (TPSA) is 112 Å². The highest BCUT2D eigenvalue weighted by atomic mass is 33.1. The lowest BCUT2D eigenvalue weighted by molar-refractivity contribution is 0.334. The molecule has 7 nitrogen and oxygen atoms in total. The van der Waals surface area contributed by atoms with Crippen molar-refractivity contribution in [3.8, 4) is 0 Å². The van der Waals surface area contributed by atoms with Crippen LogP contribution in [0.25, 0.3) is 0 Å². The fourth-order valence-electron chi connectivity index (χ4n) is 0.754. The van der Waals surface area contributed by atoms with Crippen LogP contribution in [0.4, 0.5) is 0 Å². The maximum Gasteiger partial charge on any atom is 0.319 e. The molecule has 92 valence electrons. The maximum absolute atomic E-state index is 10.6. The highest BCUT2D eigenvalue weighted by Crippen LogP contribution is 2.14. The van der Waals surface area contributed by atoms with E-state index in [4.69, 9.17) is 9.11 Å². The van der Waals surface area contributed by atoms with Crippen LogP contribution in [-0.4, -0.2) is 62.5 Å². The lowest BCUT2D eigenvalue weighted by Crippen LogP contribution is -2.37. The second kappa shape index (κ2) is 5.46. The van der Waals surface area contributed by atoms with Crippen LogP contribution < -0.4 is 0 Å². The summed E-state index contributed by atoms with van der Waals surface area (Å²) < 4.78 is 59.0. The summed E-state index contributed by atoms with van der Waals surface area (Å²) >= 11 is 0. The van der Waals surface area contributed by atoms with Gasteiger partial charge >= 0.3 is 9.15 Å². The summed E-state index contributed by atoms with van der Waals surface area (Å²) in [5.74, 6) is -0.728. The van der Waals surface area contributed by atoms with Gasteiger partial charge in [0.25, 0.3) is 10.1 Å². The van der Waals surface area contributed by atoms with Gasteiger partial charge in [-0.05, 0) is 24.9 Å². The van der Waals surface area contributed by atoms with E-state index in [1.807, 2.05) is 0 Å². The molecular formula is C5H13NO6S3. The monoisotopic (exact) mass is 279 g/mol. The number of rotatable bonds is 6. The molecule has 0 aliphatic rings. The predicted octanol–water partition coefficient (Wildman–Crippen LogP) is -0.660. The Hall–Kier alpha value is 0.130. The lowest BCUT2D eigenvalue weighted by atomic mass is 10.4. The van der Waals surface area contributed by atoms with E-state index < -0.39 is 31.1 Å². The van der Waals surface area contributed by atoms with Gasteiger partial charge in [-0.15, -0.1) is 0 Å². The predicted molar refractivity (Wildman–Crippen MR) is 57.9 cm³/mol. The molecule has 0 amide bonds. The minimum atomic E-state index is -4.19. The molecule has 0 radical (unpaired) electrons. The average molecular weight is 279 g/mol. The van der Waals surface area contributed by atoms with Crippen LogP contribution in [-0.2, 0) is 19.3 Å². The third-order valence-corrected chi connectivity index (χ3v) is 4.47. The Morgan fingerprint density at radius 2 is 1.67 bits per heavy atom. The van der Waals surface area contributed by atoms with Crippen molar-refractivity contribution in [1.82, 2.24) is 4.90 Å². The second-order valence-electron chi connectivity index (χ2n) is 3.08. The zero-order valence-corrected chi connectivity index (χ0v) is 10.6. The van der Waals surface area contributed by atoms with Crippen LogP contribution in [0.3, 0.4) is 0 Å². The average Bonchev–Trinajstić information content (AvgIpc) is 1.93. The summed E-state index contributed by atoms with van der Waals surface area (Å²) in [6.07, 6.45) is 0. The Morgan fingerprint density at radius 1 is 1.20 bits per heavy atom. The van der Waals surface area contributed by atoms with Crippen molar-refractivity contribution in [2.75, 3.05) is 25.6 Å². The van der Waals surface area contributed by atoms with Crippen LogP contribution >= 0.6 is 10.8 Å². The summed E-state index contributed by atoms with van der Waals surface area (Å²) in [6, 6.07) is -0.688. The van der Waals surface area contributed by atoms with E-state index >= 15 is 0 Å². The zero-order valence-electron chi connectivity index (χ0n) is 8.19. The molecule has 0 rings (SSSR count). The Balaban J connectivity index is 4.44. The van der Waals surface area contributed by atoms with Crippen molar-refractivity contribution < 1.29 is 25.9 Å². The van der Waals surface area contributed by atoms with Crippen LogP contribution in [0.15, 0.2) is 0 Å². The van der Waals surface area contributed by atoms with Crippen LogP contribution in [0.1, 0.15) is 0 Å². The van der Waals surface area contributed by atoms with Crippen molar-refractivity contribution in [2.24, 2.45) is 0 Å². The quantitative estimate of drug-likeness (QED) is 0.487. The van der Waals surface area contributed by atoms with Gasteiger partial charge in [0.2, 0.25) is 0 Å². The van der Waals surface area contributed by atoms with Crippen molar-refractivity contribution >= 4 is 30.1 Å². The highest BCUT2D eigenvalue weighted by Gasteiger charge is 2.21. The fourth-order valence-corrected chi connectivity index (χ4v) is 3.54. The molecule has 0 saturated heterocycles. The molecule has 2 N–H and O–H groups in total. The van der Waals surface area contributed by atoms with E-state index in [0.717, 1.165) is 0 Å². The molecule has 10 heteroatoms. The van der Waals surface area contributed by atoms with Gasteiger partial charge in [0.05, 0.1) is 5.75 Å². The van der Waals surface area contributed by atoms with Gasteiger partial charge in [-0.2, -0.15) is 16.8 Å². The molecule has 0 aromatic carbocycles. The van der Waals surface area contributed by atoms with Gasteiger partial charge in [-0.3, -0.25) is 9.11 Å². The largest absolute Gasteiger partial charge is 0.319 e. The molecule has 0 aromatic heterocycles. The van der Waals surface area contributed by atoms with Gasteiger partial charge in [0, 0.05) is 11.8 Å². The second-order valence-corrected chi connectivity index (χ2v) is 7.97. The van der Waals surface area contributed by atoms with Crippen molar-refractivity contribution in [2.45, 2.75) is 6.04 Å². The summed E-state index contributed by atoms with van der Waals surface area (Å²) in [5.41, 5.74) is 0. The molecule has 0 fully saturated rings. The standard InChI is InChI=1S/C5H13NO6S3/c1-6(2)5(4-14(7,8)9)3-13-15(10,11)12/h5H,3-4H2,1-2H3,(H,7,8,9)(H,10,11,12). The van der Waals surface area contributed by atoms with Crippen LogP contribution in [0.2, 0.25) is 0 Å². The smallest absolute Gasteiger partial charge is 0.304 e. The first-order valence-electron chi connectivity index (χ1n) is 3.74. The van der Waals surface area contributed by atoms with E-state index in [1.165, 1.54) is 4.90 Å². The summed E-state index contributed by atoms with van der Waals surface area (Å²) in [5, 5.41) is 0. The SMILES string of the molecule is CN(C)C(CSS(=O)(=O)O)CS(=O)(=O)O. The van der Waals surface area contributed by atoms with Gasteiger partial charge in [-0.1, -0.05) is 0 Å². The maximum atomic E-state index is 10.6. The molecule has 0 saturated carbocycles. The third-order valence-electron chi connectivity index (χ3n) is 1.54. The van der Waals surface area contributed by atoms with Crippen molar-refractivity contribution in [1.29, 1.82) is 0 Å². The normalized spacial score (nSPS) is 15.5. The van der Waals surface area contributed by atoms with Crippen molar-refractivity contribution in [3.05, 3.63) is 0 Å². The van der Waals surface area contributed by atoms with Gasteiger partial charge in [0.1, 0.15) is 0 Å². The van der Waals surface area contributed by atoms with Gasteiger partial charge in [0.15, 0.2) is 0 Å². The summed E-state index contributed by atoms with van der Waals surface area (Å²) in [6.45, 7) is 0. The van der Waals surface area contributed by atoms with Gasteiger partial charge < -0.3 is 4.90 Å². The van der Waals surface area contributed by atoms with E-state index in [1.54, 1.807) is 14.1 Å². The Labute approximate surface area is 92.7 Å². The molecule has 0 aliphatic heterocycles. The molecule has 0 spiro atoms. The molecule has 0 aliphatic carbocycles. The summed E-state index contributed by atoms with van der Waals surface area (Å²) in [7, 11) is -5.06. The highest BCUT2D eigenvalue weighted by molar-refractivity contribution is 8.69. The molecule has 1 atom stereocenters. The van der Waals surface area contributed by atoms with Crippen LogP contribution in [0.5, 0.6) is 0 Å². The Bertz CT molecular complexity index is 385. The molecule has 0 heterocycles. The third kappa shape index (κ3) is 9.08. The summed E-state index contributed by atoms with van der Waals surface area (Å²) in [4.78, 5) is 1.45. The number of nitrogens with zero attached hydrogens (tertiary/aromatic N) is 1. The van der Waals surface area contributed by atoms with E-state index in [9.17, 15) is 16.8 Å². The first kappa shape index (κ1) is 15.1. The van der Waals surface area contributed by atoms with E-state index in [0.29, 0.717) is 0 Å². The molecule has 1 unspecified atom stereocenters. The number of hydrogen-bond acceptors (Lipinski definition) is 6. The van der Waals surface area contributed by atoms with Crippen molar-refractivity contribution in [3.63, 3.8) is 0 Å². The molecule has 0 bridgehead atoms. The lowest BCUT2D eigenvalue weighted by Gasteiger charge is -2.21. The minimum Gasteiger partial charge on any atom is -0.304 e. The minimum absolute atomic E-state index is 0.147. The first-order valence-corrected chi connectivity index (χ1v) is 8.30. The number of hydrogen-bond donors (Lipinski definition) is 2. The Morgan fingerprint density at radius 3 is 1.93 bits per heavy atom. The molecule has 15 heavy (non-hydrogen) atoms.